The first-order valence-electron chi connectivity index (χ1n) is 9.21. The molecule has 0 aliphatic rings. The summed E-state index contributed by atoms with van der Waals surface area (Å²) in [6, 6.07) is 14.5. The highest BCUT2D eigenvalue weighted by atomic mass is 32.1. The van der Waals surface area contributed by atoms with Crippen molar-refractivity contribution >= 4 is 33.9 Å². The second kappa shape index (κ2) is 7.89. The molecular formula is C22H19N3O3S. The van der Waals surface area contributed by atoms with Gasteiger partial charge in [-0.15, -0.1) is 11.3 Å². The summed E-state index contributed by atoms with van der Waals surface area (Å²) in [6.45, 7) is 2.12. The molecule has 2 heterocycles. The average molecular weight is 405 g/mol. The quantitative estimate of drug-likeness (QED) is 0.495. The zero-order chi connectivity index (χ0) is 20.4. The second-order valence-electron chi connectivity index (χ2n) is 6.67. The smallest absolute Gasteiger partial charge is 0.335 e. The van der Waals surface area contributed by atoms with Gasteiger partial charge in [-0.3, -0.25) is 9.20 Å². The molecule has 4 rings (SSSR count). The topological polar surface area (TPSA) is 83.7 Å². The summed E-state index contributed by atoms with van der Waals surface area (Å²) in [7, 11) is 0. The van der Waals surface area contributed by atoms with E-state index in [4.69, 9.17) is 5.11 Å². The number of carbonyl (C=O) groups excluding carboxylic acids is 1. The Bertz CT molecular complexity index is 1190. The van der Waals surface area contributed by atoms with E-state index >= 15 is 0 Å². The minimum absolute atomic E-state index is 0.133. The molecule has 0 bridgehead atoms. The van der Waals surface area contributed by atoms with Crippen LogP contribution in [0.15, 0.2) is 60.1 Å². The summed E-state index contributed by atoms with van der Waals surface area (Å²) >= 11 is 1.49. The van der Waals surface area contributed by atoms with Gasteiger partial charge in [0.25, 0.3) is 0 Å². The number of hydrogen-bond donors (Lipinski definition) is 2. The number of imidazole rings is 1. The second-order valence-corrected chi connectivity index (χ2v) is 7.50. The molecule has 0 saturated heterocycles. The number of benzene rings is 2. The van der Waals surface area contributed by atoms with Crippen molar-refractivity contribution in [1.29, 1.82) is 0 Å². The van der Waals surface area contributed by atoms with Crippen LogP contribution in [-0.4, -0.2) is 26.4 Å². The standard InChI is InChI=1S/C22H19N3O3S/c1-2-14-6-8-15(9-7-14)19-12-25-18(13-29-22(25)24-19)11-20(26)23-17-5-3-4-16(10-17)21(27)28/h3-10,12-13H,2,11H2,1H3,(H,23,26)(H,27,28). The zero-order valence-electron chi connectivity index (χ0n) is 15.8. The van der Waals surface area contributed by atoms with Crippen molar-refractivity contribution in [2.75, 3.05) is 5.32 Å². The third-order valence-electron chi connectivity index (χ3n) is 4.68. The van der Waals surface area contributed by atoms with E-state index < -0.39 is 5.97 Å². The Labute approximate surface area is 171 Å². The molecular weight excluding hydrogens is 386 g/mol. The number of anilines is 1. The molecule has 0 spiro atoms. The van der Waals surface area contributed by atoms with Gasteiger partial charge >= 0.3 is 5.97 Å². The van der Waals surface area contributed by atoms with Crippen molar-refractivity contribution in [3.05, 3.63) is 76.9 Å². The number of aryl methyl sites for hydroxylation is 1. The predicted molar refractivity (Wildman–Crippen MR) is 114 cm³/mol. The number of carboxylic acids is 1. The van der Waals surface area contributed by atoms with Crippen LogP contribution >= 0.6 is 11.3 Å². The summed E-state index contributed by atoms with van der Waals surface area (Å²) in [6.07, 6.45) is 3.11. The van der Waals surface area contributed by atoms with Crippen molar-refractivity contribution in [2.24, 2.45) is 0 Å². The van der Waals surface area contributed by atoms with Gasteiger partial charge in [0.1, 0.15) is 0 Å². The normalized spacial score (nSPS) is 10.9. The van der Waals surface area contributed by atoms with E-state index in [2.05, 4.69) is 41.5 Å². The highest BCUT2D eigenvalue weighted by molar-refractivity contribution is 7.15. The Kier molecular flexibility index (Phi) is 5.14. The molecule has 0 unspecified atom stereocenters. The van der Waals surface area contributed by atoms with Crippen LogP contribution in [0.3, 0.4) is 0 Å². The summed E-state index contributed by atoms with van der Waals surface area (Å²) in [5.41, 5.74) is 4.62. The van der Waals surface area contributed by atoms with Gasteiger partial charge < -0.3 is 10.4 Å². The minimum atomic E-state index is -1.03. The first-order valence-corrected chi connectivity index (χ1v) is 10.1. The number of nitrogens with zero attached hydrogens (tertiary/aromatic N) is 2. The van der Waals surface area contributed by atoms with Crippen molar-refractivity contribution in [2.45, 2.75) is 19.8 Å². The Hall–Kier alpha value is -3.45. The molecule has 6 nitrogen and oxygen atoms in total. The van der Waals surface area contributed by atoms with Crippen LogP contribution < -0.4 is 5.32 Å². The fraction of sp³-hybridized carbons (Fsp3) is 0.136. The molecule has 2 aromatic carbocycles. The van der Waals surface area contributed by atoms with Crippen molar-refractivity contribution < 1.29 is 14.7 Å². The fourth-order valence-corrected chi connectivity index (χ4v) is 3.98. The molecule has 7 heteroatoms. The molecule has 0 saturated carbocycles. The van der Waals surface area contributed by atoms with Crippen LogP contribution in [0.1, 0.15) is 28.5 Å². The first-order chi connectivity index (χ1) is 14.0. The SMILES string of the molecule is CCc1ccc(-c2cn3c(CC(=O)Nc4cccc(C(=O)O)c4)csc3n2)cc1. The van der Waals surface area contributed by atoms with E-state index in [0.29, 0.717) is 5.69 Å². The number of aromatic carboxylic acids is 1. The van der Waals surface area contributed by atoms with Crippen LogP contribution in [0.4, 0.5) is 5.69 Å². The third-order valence-corrected chi connectivity index (χ3v) is 5.56. The molecule has 2 aromatic heterocycles. The number of fused-ring (bicyclic) bond motifs is 1. The number of thiazole rings is 1. The average Bonchev–Trinajstić information content (AvgIpc) is 3.30. The van der Waals surface area contributed by atoms with Crippen molar-refractivity contribution in [1.82, 2.24) is 9.38 Å². The maximum absolute atomic E-state index is 12.5. The lowest BCUT2D eigenvalue weighted by Gasteiger charge is -2.05. The van der Waals surface area contributed by atoms with Crippen LogP contribution in [-0.2, 0) is 17.6 Å². The molecule has 0 atom stereocenters. The summed E-state index contributed by atoms with van der Waals surface area (Å²) in [5, 5.41) is 13.7. The summed E-state index contributed by atoms with van der Waals surface area (Å²) in [5.74, 6) is -1.24. The Morgan fingerprint density at radius 1 is 1.17 bits per heavy atom. The number of carboxylic acid groups (broad SMARTS) is 1. The van der Waals surface area contributed by atoms with Gasteiger partial charge in [-0.2, -0.15) is 0 Å². The van der Waals surface area contributed by atoms with Gasteiger partial charge in [-0.1, -0.05) is 37.3 Å². The molecule has 146 valence electrons. The minimum Gasteiger partial charge on any atom is -0.478 e. The Balaban J connectivity index is 1.52. The number of rotatable bonds is 6. The van der Waals surface area contributed by atoms with Gasteiger partial charge in [0.05, 0.1) is 17.7 Å². The van der Waals surface area contributed by atoms with E-state index in [1.807, 2.05) is 16.0 Å². The van der Waals surface area contributed by atoms with Gasteiger partial charge in [-0.05, 0) is 30.2 Å². The first kappa shape index (κ1) is 18.9. The number of nitrogens with one attached hydrogen (secondary N) is 1. The molecule has 2 N–H and O–H groups in total. The van der Waals surface area contributed by atoms with E-state index in [9.17, 15) is 9.59 Å². The summed E-state index contributed by atoms with van der Waals surface area (Å²) in [4.78, 5) is 29.0. The predicted octanol–water partition coefficient (Wildman–Crippen LogP) is 4.50. The molecule has 0 aliphatic heterocycles. The maximum Gasteiger partial charge on any atom is 0.335 e. The maximum atomic E-state index is 12.5. The number of aromatic nitrogens is 2. The van der Waals surface area contributed by atoms with Gasteiger partial charge in [0.15, 0.2) is 4.96 Å². The lowest BCUT2D eigenvalue weighted by molar-refractivity contribution is -0.115. The number of hydrogen-bond acceptors (Lipinski definition) is 4. The van der Waals surface area contributed by atoms with Crippen LogP contribution in [0.5, 0.6) is 0 Å². The van der Waals surface area contributed by atoms with Gasteiger partial charge in [-0.25, -0.2) is 9.78 Å². The summed E-state index contributed by atoms with van der Waals surface area (Å²) < 4.78 is 1.93. The highest BCUT2D eigenvalue weighted by Crippen LogP contribution is 2.24. The van der Waals surface area contributed by atoms with E-state index in [1.165, 1.54) is 29.0 Å². The van der Waals surface area contributed by atoms with Crippen LogP contribution in [0.2, 0.25) is 0 Å². The van der Waals surface area contributed by atoms with E-state index in [1.54, 1.807) is 12.1 Å². The molecule has 1 amide bonds. The van der Waals surface area contributed by atoms with Crippen LogP contribution in [0, 0.1) is 0 Å². The fourth-order valence-electron chi connectivity index (χ4n) is 3.11. The molecule has 0 aliphatic carbocycles. The van der Waals surface area contributed by atoms with Crippen LogP contribution in [0.25, 0.3) is 16.2 Å². The lowest BCUT2D eigenvalue weighted by Crippen LogP contribution is -2.15. The van der Waals surface area contributed by atoms with Gasteiger partial charge in [0, 0.05) is 28.5 Å². The monoisotopic (exact) mass is 405 g/mol. The highest BCUT2D eigenvalue weighted by Gasteiger charge is 2.13. The number of amides is 1. The largest absolute Gasteiger partial charge is 0.478 e. The van der Waals surface area contributed by atoms with E-state index in [-0.39, 0.29) is 17.9 Å². The van der Waals surface area contributed by atoms with Crippen molar-refractivity contribution in [3.8, 4) is 11.3 Å². The van der Waals surface area contributed by atoms with Gasteiger partial charge in [0.2, 0.25) is 5.91 Å². The molecule has 29 heavy (non-hydrogen) atoms. The number of carbonyl (C=O) groups is 2. The lowest BCUT2D eigenvalue weighted by atomic mass is 10.1. The molecule has 0 radical (unpaired) electrons. The Morgan fingerprint density at radius 2 is 1.97 bits per heavy atom. The molecule has 4 aromatic rings. The van der Waals surface area contributed by atoms with E-state index in [0.717, 1.165) is 28.3 Å². The third kappa shape index (κ3) is 4.05. The van der Waals surface area contributed by atoms with Crippen molar-refractivity contribution in [3.63, 3.8) is 0 Å². The zero-order valence-corrected chi connectivity index (χ0v) is 16.6. The molecule has 0 fully saturated rings. The Morgan fingerprint density at radius 3 is 2.69 bits per heavy atom.